The molecule has 0 aliphatic carbocycles. The number of rotatable bonds is 6. The van der Waals surface area contributed by atoms with Crippen LogP contribution in [0.3, 0.4) is 0 Å². The van der Waals surface area contributed by atoms with Crippen molar-refractivity contribution in [1.82, 2.24) is 0 Å². The quantitative estimate of drug-likeness (QED) is 0.573. The molecule has 0 aliphatic rings. The number of benzene rings is 1. The van der Waals surface area contributed by atoms with Crippen LogP contribution in [-0.2, 0) is 20.9 Å². The SMILES string of the molecule is C[C@@H](OCOCc1ccccc1)C(=O)O. The summed E-state index contributed by atoms with van der Waals surface area (Å²) in [6, 6.07) is 9.62. The molecule has 0 unspecified atom stereocenters. The van der Waals surface area contributed by atoms with E-state index in [9.17, 15) is 4.79 Å². The van der Waals surface area contributed by atoms with Crippen LogP contribution < -0.4 is 0 Å². The normalized spacial score (nSPS) is 12.3. The molecule has 0 bridgehead atoms. The van der Waals surface area contributed by atoms with Gasteiger partial charge >= 0.3 is 5.97 Å². The summed E-state index contributed by atoms with van der Waals surface area (Å²) in [6.07, 6.45) is -0.833. The average Bonchev–Trinajstić information content (AvgIpc) is 2.25. The third-order valence-corrected chi connectivity index (χ3v) is 1.86. The number of carboxylic acid groups (broad SMARTS) is 1. The van der Waals surface area contributed by atoms with Gasteiger partial charge in [0.1, 0.15) is 6.79 Å². The maximum atomic E-state index is 10.4. The first-order valence-electron chi connectivity index (χ1n) is 4.66. The van der Waals surface area contributed by atoms with Gasteiger partial charge in [-0.2, -0.15) is 0 Å². The summed E-state index contributed by atoms with van der Waals surface area (Å²) in [5, 5.41) is 8.52. The lowest BCUT2D eigenvalue weighted by atomic mass is 10.2. The smallest absolute Gasteiger partial charge is 0.332 e. The van der Waals surface area contributed by atoms with Crippen LogP contribution in [-0.4, -0.2) is 24.0 Å². The van der Waals surface area contributed by atoms with Gasteiger partial charge in [0, 0.05) is 0 Å². The molecule has 1 aromatic rings. The predicted octanol–water partition coefficient (Wildman–Crippen LogP) is 1.65. The maximum absolute atomic E-state index is 10.4. The van der Waals surface area contributed by atoms with Crippen LogP contribution in [0, 0.1) is 0 Å². The van der Waals surface area contributed by atoms with E-state index in [4.69, 9.17) is 14.6 Å². The van der Waals surface area contributed by atoms with Crippen molar-refractivity contribution >= 4 is 5.97 Å². The second-order valence-corrected chi connectivity index (χ2v) is 3.10. The highest BCUT2D eigenvalue weighted by molar-refractivity contribution is 5.71. The van der Waals surface area contributed by atoms with Crippen molar-refractivity contribution in [3.8, 4) is 0 Å². The molecule has 1 aromatic carbocycles. The number of ether oxygens (including phenoxy) is 2. The summed E-state index contributed by atoms with van der Waals surface area (Å²) in [5.41, 5.74) is 1.03. The van der Waals surface area contributed by atoms with E-state index in [0.29, 0.717) is 6.61 Å². The zero-order chi connectivity index (χ0) is 11.1. The van der Waals surface area contributed by atoms with Crippen molar-refractivity contribution in [3.05, 3.63) is 35.9 Å². The number of hydrogen-bond donors (Lipinski definition) is 1. The Labute approximate surface area is 88.4 Å². The Hall–Kier alpha value is -1.39. The Morgan fingerprint density at radius 1 is 1.40 bits per heavy atom. The third kappa shape index (κ3) is 4.58. The fourth-order valence-corrected chi connectivity index (χ4v) is 0.955. The Morgan fingerprint density at radius 3 is 2.67 bits per heavy atom. The summed E-state index contributed by atoms with van der Waals surface area (Å²) in [6.45, 7) is 1.88. The number of carboxylic acids is 1. The van der Waals surface area contributed by atoms with Gasteiger partial charge in [-0.15, -0.1) is 0 Å². The number of hydrogen-bond acceptors (Lipinski definition) is 3. The predicted molar refractivity (Wildman–Crippen MR) is 54.3 cm³/mol. The first-order valence-corrected chi connectivity index (χ1v) is 4.66. The molecular weight excluding hydrogens is 196 g/mol. The van der Waals surface area contributed by atoms with Crippen molar-refractivity contribution in [3.63, 3.8) is 0 Å². The van der Waals surface area contributed by atoms with Gasteiger partial charge in [0.2, 0.25) is 0 Å². The van der Waals surface area contributed by atoms with Crippen LogP contribution in [0.2, 0.25) is 0 Å². The number of carbonyl (C=O) groups is 1. The fraction of sp³-hybridized carbons (Fsp3) is 0.364. The molecule has 0 aromatic heterocycles. The molecule has 0 radical (unpaired) electrons. The minimum Gasteiger partial charge on any atom is -0.479 e. The Balaban J connectivity index is 2.15. The van der Waals surface area contributed by atoms with E-state index >= 15 is 0 Å². The van der Waals surface area contributed by atoms with Gasteiger partial charge in [0.15, 0.2) is 6.10 Å². The molecule has 0 saturated heterocycles. The molecule has 0 heterocycles. The molecule has 4 heteroatoms. The zero-order valence-corrected chi connectivity index (χ0v) is 8.55. The van der Waals surface area contributed by atoms with E-state index in [-0.39, 0.29) is 6.79 Å². The van der Waals surface area contributed by atoms with Gasteiger partial charge in [0.05, 0.1) is 6.61 Å². The van der Waals surface area contributed by atoms with E-state index in [1.807, 2.05) is 30.3 Å². The third-order valence-electron chi connectivity index (χ3n) is 1.86. The molecule has 0 amide bonds. The molecule has 1 rings (SSSR count). The zero-order valence-electron chi connectivity index (χ0n) is 8.55. The largest absolute Gasteiger partial charge is 0.479 e. The minimum atomic E-state index is -0.988. The molecule has 15 heavy (non-hydrogen) atoms. The van der Waals surface area contributed by atoms with Crippen LogP contribution in [0.25, 0.3) is 0 Å². The van der Waals surface area contributed by atoms with E-state index in [2.05, 4.69) is 0 Å². The highest BCUT2D eigenvalue weighted by Crippen LogP contribution is 2.01. The molecule has 82 valence electrons. The van der Waals surface area contributed by atoms with E-state index in [1.165, 1.54) is 6.92 Å². The van der Waals surface area contributed by atoms with E-state index < -0.39 is 12.1 Å². The molecule has 1 N–H and O–H groups in total. The molecular formula is C11H14O4. The van der Waals surface area contributed by atoms with Crippen LogP contribution in [0.5, 0.6) is 0 Å². The van der Waals surface area contributed by atoms with Crippen LogP contribution >= 0.6 is 0 Å². The summed E-state index contributed by atoms with van der Waals surface area (Å²) in [7, 11) is 0. The van der Waals surface area contributed by atoms with Gasteiger partial charge in [0.25, 0.3) is 0 Å². The molecule has 0 saturated carbocycles. The van der Waals surface area contributed by atoms with Crippen molar-refractivity contribution in [2.24, 2.45) is 0 Å². The maximum Gasteiger partial charge on any atom is 0.332 e. The summed E-state index contributed by atoms with van der Waals surface area (Å²) in [5.74, 6) is -0.988. The Morgan fingerprint density at radius 2 is 2.07 bits per heavy atom. The standard InChI is InChI=1S/C11H14O4/c1-9(11(12)13)15-8-14-7-10-5-3-2-4-6-10/h2-6,9H,7-8H2,1H3,(H,12,13)/t9-/m1/s1. The first-order chi connectivity index (χ1) is 7.20. The van der Waals surface area contributed by atoms with Crippen LogP contribution in [0.4, 0.5) is 0 Å². The van der Waals surface area contributed by atoms with Gasteiger partial charge in [-0.25, -0.2) is 4.79 Å². The van der Waals surface area contributed by atoms with Crippen molar-refractivity contribution in [2.45, 2.75) is 19.6 Å². The van der Waals surface area contributed by atoms with Gasteiger partial charge in [-0.3, -0.25) is 0 Å². The highest BCUT2D eigenvalue weighted by Gasteiger charge is 2.09. The topological polar surface area (TPSA) is 55.8 Å². The highest BCUT2D eigenvalue weighted by atomic mass is 16.7. The van der Waals surface area contributed by atoms with Gasteiger partial charge < -0.3 is 14.6 Å². The van der Waals surface area contributed by atoms with Crippen molar-refractivity contribution < 1.29 is 19.4 Å². The van der Waals surface area contributed by atoms with Gasteiger partial charge in [-0.1, -0.05) is 30.3 Å². The van der Waals surface area contributed by atoms with E-state index in [0.717, 1.165) is 5.56 Å². The lowest BCUT2D eigenvalue weighted by molar-refractivity contribution is -0.159. The molecule has 4 nitrogen and oxygen atoms in total. The Kier molecular flexibility index (Phi) is 4.80. The molecule has 0 fully saturated rings. The lowest BCUT2D eigenvalue weighted by Crippen LogP contribution is -2.21. The van der Waals surface area contributed by atoms with Crippen LogP contribution in [0.1, 0.15) is 12.5 Å². The molecule has 0 aliphatic heterocycles. The van der Waals surface area contributed by atoms with Crippen LogP contribution in [0.15, 0.2) is 30.3 Å². The summed E-state index contributed by atoms with van der Waals surface area (Å²) < 4.78 is 10.1. The first kappa shape index (κ1) is 11.7. The van der Waals surface area contributed by atoms with Gasteiger partial charge in [-0.05, 0) is 12.5 Å². The van der Waals surface area contributed by atoms with Crippen molar-refractivity contribution in [1.29, 1.82) is 0 Å². The lowest BCUT2D eigenvalue weighted by Gasteiger charge is -2.08. The monoisotopic (exact) mass is 210 g/mol. The van der Waals surface area contributed by atoms with E-state index in [1.54, 1.807) is 0 Å². The summed E-state index contributed by atoms with van der Waals surface area (Å²) >= 11 is 0. The second kappa shape index (κ2) is 6.16. The van der Waals surface area contributed by atoms with Crippen molar-refractivity contribution in [2.75, 3.05) is 6.79 Å². The average molecular weight is 210 g/mol. The number of aliphatic carboxylic acids is 1. The second-order valence-electron chi connectivity index (χ2n) is 3.10. The molecule has 1 atom stereocenters. The minimum absolute atomic E-state index is 0.0115. The summed E-state index contributed by atoms with van der Waals surface area (Å²) in [4.78, 5) is 10.4. The fourth-order valence-electron chi connectivity index (χ4n) is 0.955. The molecule has 0 spiro atoms. The Bertz CT molecular complexity index is 297.